The molecule has 0 saturated carbocycles. The van der Waals surface area contributed by atoms with Crippen LogP contribution in [0, 0.1) is 0 Å². The van der Waals surface area contributed by atoms with Gasteiger partial charge in [-0.2, -0.15) is 13.2 Å². The minimum atomic E-state index is -4.54. The summed E-state index contributed by atoms with van der Waals surface area (Å²) in [6.07, 6.45) is -3.66. The normalized spacial score (nSPS) is 11.8. The fraction of sp³-hybridized carbons (Fsp3) is 0.316. The molecule has 0 radical (unpaired) electrons. The number of halogens is 3. The van der Waals surface area contributed by atoms with Gasteiger partial charge in [-0.3, -0.25) is 9.10 Å². The molecule has 0 atom stereocenters. The van der Waals surface area contributed by atoms with Crippen LogP contribution in [0.4, 0.5) is 18.9 Å². The van der Waals surface area contributed by atoms with Gasteiger partial charge in [-0.1, -0.05) is 12.1 Å². The van der Waals surface area contributed by atoms with Crippen molar-refractivity contribution in [1.29, 1.82) is 0 Å². The maximum atomic E-state index is 12.7. The molecule has 0 aliphatic rings. The monoisotopic (exact) mass is 430 g/mol. The summed E-state index contributed by atoms with van der Waals surface area (Å²) in [7, 11) is -3.89. The van der Waals surface area contributed by atoms with Crippen molar-refractivity contribution in [2.24, 2.45) is 0 Å². The summed E-state index contributed by atoms with van der Waals surface area (Å²) in [5.41, 5.74) is -0.188. The van der Waals surface area contributed by atoms with Crippen LogP contribution in [0.2, 0.25) is 0 Å². The van der Waals surface area contributed by atoms with Crippen LogP contribution in [0.25, 0.3) is 0 Å². The van der Waals surface area contributed by atoms with E-state index in [4.69, 9.17) is 4.74 Å². The van der Waals surface area contributed by atoms with Crippen LogP contribution in [-0.4, -0.2) is 33.7 Å². The molecule has 0 aromatic heterocycles. The van der Waals surface area contributed by atoms with Gasteiger partial charge in [0.1, 0.15) is 12.3 Å². The third kappa shape index (κ3) is 6.67. The molecule has 0 fully saturated rings. The van der Waals surface area contributed by atoms with Crippen molar-refractivity contribution in [2.75, 3.05) is 23.7 Å². The largest absolute Gasteiger partial charge is 0.494 e. The molecule has 158 valence electrons. The number of alkyl halides is 3. The SMILES string of the molecule is CCOc1cccc(CNC(=O)CN(c2ccc(C(F)(F)F)cc2)S(C)(=O)=O)c1. The molecule has 2 aromatic rings. The Morgan fingerprint density at radius 3 is 2.34 bits per heavy atom. The van der Waals surface area contributed by atoms with Crippen LogP contribution in [0.15, 0.2) is 48.5 Å². The molecular formula is C19H21F3N2O4S. The second kappa shape index (κ2) is 9.17. The molecular weight excluding hydrogens is 409 g/mol. The van der Waals surface area contributed by atoms with Crippen molar-refractivity contribution in [3.63, 3.8) is 0 Å². The number of carbonyl (C=O) groups excluding carboxylic acids is 1. The van der Waals surface area contributed by atoms with Gasteiger partial charge in [-0.25, -0.2) is 8.42 Å². The standard InChI is InChI=1S/C19H21F3N2O4S/c1-3-28-17-6-4-5-14(11-17)12-23-18(25)13-24(29(2,26)27)16-9-7-15(8-10-16)19(20,21)22/h4-11H,3,12-13H2,1-2H3,(H,23,25). The van der Waals surface area contributed by atoms with E-state index in [2.05, 4.69) is 5.32 Å². The Kier molecular flexibility index (Phi) is 7.12. The lowest BCUT2D eigenvalue weighted by atomic mass is 10.2. The number of nitrogens with zero attached hydrogens (tertiary/aromatic N) is 1. The molecule has 2 rings (SSSR count). The zero-order valence-corrected chi connectivity index (χ0v) is 16.7. The quantitative estimate of drug-likeness (QED) is 0.698. The smallest absolute Gasteiger partial charge is 0.416 e. The third-order valence-corrected chi connectivity index (χ3v) is 5.01. The number of rotatable bonds is 8. The Labute approximate surface area is 167 Å². The van der Waals surface area contributed by atoms with Crippen molar-refractivity contribution in [3.8, 4) is 5.75 Å². The van der Waals surface area contributed by atoms with E-state index < -0.39 is 34.2 Å². The topological polar surface area (TPSA) is 75.7 Å². The van der Waals surface area contributed by atoms with Gasteiger partial charge in [0.15, 0.2) is 0 Å². The number of amides is 1. The fourth-order valence-corrected chi connectivity index (χ4v) is 3.37. The Morgan fingerprint density at radius 1 is 1.14 bits per heavy atom. The number of benzene rings is 2. The average Bonchev–Trinajstić information content (AvgIpc) is 2.63. The molecule has 0 saturated heterocycles. The van der Waals surface area contributed by atoms with Gasteiger partial charge in [0, 0.05) is 6.54 Å². The molecule has 0 spiro atoms. The van der Waals surface area contributed by atoms with E-state index in [-0.39, 0.29) is 12.2 Å². The molecule has 1 amide bonds. The summed E-state index contributed by atoms with van der Waals surface area (Å²) in [6, 6.07) is 10.6. The van der Waals surface area contributed by atoms with Crippen molar-refractivity contribution in [2.45, 2.75) is 19.6 Å². The van der Waals surface area contributed by atoms with Crippen LogP contribution in [0.5, 0.6) is 5.75 Å². The number of carbonyl (C=O) groups is 1. The zero-order valence-electron chi connectivity index (χ0n) is 15.9. The van der Waals surface area contributed by atoms with Crippen molar-refractivity contribution in [1.82, 2.24) is 5.32 Å². The van der Waals surface area contributed by atoms with E-state index in [1.54, 1.807) is 24.3 Å². The fourth-order valence-electron chi connectivity index (χ4n) is 2.52. The molecule has 1 N–H and O–H groups in total. The van der Waals surface area contributed by atoms with Gasteiger partial charge in [-0.15, -0.1) is 0 Å². The lowest BCUT2D eigenvalue weighted by Gasteiger charge is -2.22. The van der Waals surface area contributed by atoms with Crippen molar-refractivity contribution < 1.29 is 31.1 Å². The van der Waals surface area contributed by atoms with Gasteiger partial charge in [-0.05, 0) is 48.9 Å². The molecule has 29 heavy (non-hydrogen) atoms. The Morgan fingerprint density at radius 2 is 1.79 bits per heavy atom. The predicted molar refractivity (Wildman–Crippen MR) is 103 cm³/mol. The number of anilines is 1. The Balaban J connectivity index is 2.08. The van der Waals surface area contributed by atoms with Crippen molar-refractivity contribution in [3.05, 3.63) is 59.7 Å². The molecule has 2 aromatic carbocycles. The highest BCUT2D eigenvalue weighted by atomic mass is 32.2. The minimum absolute atomic E-state index is 0.0333. The lowest BCUT2D eigenvalue weighted by Crippen LogP contribution is -2.40. The minimum Gasteiger partial charge on any atom is -0.494 e. The summed E-state index contributed by atoms with van der Waals surface area (Å²) in [6.45, 7) is 1.92. The number of hydrogen-bond donors (Lipinski definition) is 1. The Hall–Kier alpha value is -2.75. The molecule has 0 aliphatic carbocycles. The predicted octanol–water partition coefficient (Wildman–Crippen LogP) is 3.19. The summed E-state index contributed by atoms with van der Waals surface area (Å²) < 4.78 is 68.3. The summed E-state index contributed by atoms with van der Waals surface area (Å²) in [5.74, 6) is 0.0406. The van der Waals surface area contributed by atoms with Crippen LogP contribution < -0.4 is 14.4 Å². The second-order valence-electron chi connectivity index (χ2n) is 6.17. The summed E-state index contributed by atoms with van der Waals surface area (Å²) in [5, 5.41) is 2.60. The molecule has 6 nitrogen and oxygen atoms in total. The first-order chi connectivity index (χ1) is 13.5. The second-order valence-corrected chi connectivity index (χ2v) is 8.08. The van der Waals surface area contributed by atoms with Crippen molar-refractivity contribution >= 4 is 21.6 Å². The maximum absolute atomic E-state index is 12.7. The first kappa shape index (κ1) is 22.5. The third-order valence-electron chi connectivity index (χ3n) is 3.87. The zero-order chi connectivity index (χ0) is 21.7. The van der Waals surface area contributed by atoms with Gasteiger partial charge in [0.05, 0.1) is 24.1 Å². The van der Waals surface area contributed by atoms with E-state index in [1.807, 2.05) is 6.92 Å². The summed E-state index contributed by atoms with van der Waals surface area (Å²) in [4.78, 5) is 12.3. The van der Waals surface area contributed by atoms with Crippen LogP contribution >= 0.6 is 0 Å². The Bertz CT molecular complexity index is 945. The summed E-state index contributed by atoms with van der Waals surface area (Å²) >= 11 is 0. The lowest BCUT2D eigenvalue weighted by molar-refractivity contribution is -0.137. The number of nitrogens with one attached hydrogen (secondary N) is 1. The molecule has 0 aliphatic heterocycles. The van der Waals surface area contributed by atoms with Gasteiger partial charge < -0.3 is 10.1 Å². The molecule has 0 heterocycles. The van der Waals surface area contributed by atoms with Gasteiger partial charge in [0.2, 0.25) is 15.9 Å². The highest BCUT2D eigenvalue weighted by Crippen LogP contribution is 2.30. The first-order valence-corrected chi connectivity index (χ1v) is 10.5. The number of hydrogen-bond acceptors (Lipinski definition) is 4. The van der Waals surface area contributed by atoms with E-state index in [9.17, 15) is 26.4 Å². The van der Waals surface area contributed by atoms with Gasteiger partial charge in [0.25, 0.3) is 0 Å². The van der Waals surface area contributed by atoms with Gasteiger partial charge >= 0.3 is 6.18 Å². The van der Waals surface area contributed by atoms with Crippen LogP contribution in [-0.2, 0) is 27.5 Å². The van der Waals surface area contributed by atoms with Crippen LogP contribution in [0.1, 0.15) is 18.1 Å². The molecule has 0 unspecified atom stereocenters. The average molecular weight is 430 g/mol. The molecule has 10 heteroatoms. The highest BCUT2D eigenvalue weighted by Gasteiger charge is 2.30. The first-order valence-electron chi connectivity index (χ1n) is 8.64. The van der Waals surface area contributed by atoms with E-state index >= 15 is 0 Å². The maximum Gasteiger partial charge on any atom is 0.416 e. The molecule has 0 bridgehead atoms. The number of ether oxygens (including phenoxy) is 1. The van der Waals surface area contributed by atoms with E-state index in [0.29, 0.717) is 12.4 Å². The number of sulfonamides is 1. The highest BCUT2D eigenvalue weighted by molar-refractivity contribution is 7.92. The van der Waals surface area contributed by atoms with E-state index in [1.165, 1.54) is 0 Å². The van der Waals surface area contributed by atoms with E-state index in [0.717, 1.165) is 40.4 Å². The van der Waals surface area contributed by atoms with Crippen LogP contribution in [0.3, 0.4) is 0 Å².